The highest BCUT2D eigenvalue weighted by Gasteiger charge is 2.30. The SMILES string of the molecule is NC(=O)CCN1C=C2C=CCC(=O)C2C1. The van der Waals surface area contributed by atoms with Crippen molar-refractivity contribution in [3.8, 4) is 0 Å². The van der Waals surface area contributed by atoms with E-state index >= 15 is 0 Å². The molecule has 80 valence electrons. The topological polar surface area (TPSA) is 63.4 Å². The van der Waals surface area contributed by atoms with Gasteiger partial charge in [-0.15, -0.1) is 0 Å². The number of nitrogens with zero attached hydrogens (tertiary/aromatic N) is 1. The molecule has 0 bridgehead atoms. The Balaban J connectivity index is 1.99. The third-order valence-corrected chi connectivity index (χ3v) is 2.81. The number of hydrogen-bond acceptors (Lipinski definition) is 3. The van der Waals surface area contributed by atoms with E-state index in [1.165, 1.54) is 0 Å². The van der Waals surface area contributed by atoms with Gasteiger partial charge < -0.3 is 10.6 Å². The van der Waals surface area contributed by atoms with Gasteiger partial charge in [0.1, 0.15) is 5.78 Å². The number of rotatable bonds is 3. The van der Waals surface area contributed by atoms with E-state index in [4.69, 9.17) is 5.73 Å². The van der Waals surface area contributed by atoms with Crippen LogP contribution in [-0.2, 0) is 9.59 Å². The first-order valence-corrected chi connectivity index (χ1v) is 5.10. The molecule has 0 aromatic carbocycles. The molecular formula is C11H14N2O2. The van der Waals surface area contributed by atoms with Crippen LogP contribution in [0.4, 0.5) is 0 Å². The van der Waals surface area contributed by atoms with Gasteiger partial charge in [0.05, 0.1) is 5.92 Å². The molecule has 1 amide bonds. The van der Waals surface area contributed by atoms with Gasteiger partial charge >= 0.3 is 0 Å². The zero-order valence-electron chi connectivity index (χ0n) is 8.48. The first-order valence-electron chi connectivity index (χ1n) is 5.10. The van der Waals surface area contributed by atoms with Crippen molar-refractivity contribution < 1.29 is 9.59 Å². The molecule has 0 radical (unpaired) electrons. The molecule has 4 nitrogen and oxygen atoms in total. The molecule has 0 fully saturated rings. The van der Waals surface area contributed by atoms with E-state index in [0.29, 0.717) is 25.9 Å². The fraction of sp³-hybridized carbons (Fsp3) is 0.455. The van der Waals surface area contributed by atoms with Crippen molar-refractivity contribution in [2.45, 2.75) is 12.8 Å². The second-order valence-electron chi connectivity index (χ2n) is 3.97. The van der Waals surface area contributed by atoms with Gasteiger partial charge in [-0.05, 0) is 5.57 Å². The average Bonchev–Trinajstić information content (AvgIpc) is 2.59. The quantitative estimate of drug-likeness (QED) is 0.717. The minimum Gasteiger partial charge on any atom is -0.376 e. The number of carbonyl (C=O) groups excluding carboxylic acids is 2. The van der Waals surface area contributed by atoms with E-state index in [2.05, 4.69) is 0 Å². The molecule has 2 rings (SSSR count). The van der Waals surface area contributed by atoms with Crippen LogP contribution < -0.4 is 5.73 Å². The van der Waals surface area contributed by atoms with Crippen LogP contribution in [0.3, 0.4) is 0 Å². The van der Waals surface area contributed by atoms with E-state index in [9.17, 15) is 9.59 Å². The summed E-state index contributed by atoms with van der Waals surface area (Å²) in [5.74, 6) is -0.0154. The first-order chi connectivity index (χ1) is 7.16. The predicted octanol–water partition coefficient (Wildman–Crippen LogP) is 0.206. The van der Waals surface area contributed by atoms with E-state index in [1.54, 1.807) is 0 Å². The van der Waals surface area contributed by atoms with Crippen LogP contribution in [0.25, 0.3) is 0 Å². The van der Waals surface area contributed by atoms with Gasteiger partial charge in [0.15, 0.2) is 0 Å². The largest absolute Gasteiger partial charge is 0.376 e. The number of carbonyl (C=O) groups is 2. The van der Waals surface area contributed by atoms with Crippen LogP contribution >= 0.6 is 0 Å². The summed E-state index contributed by atoms with van der Waals surface area (Å²) in [6.45, 7) is 1.31. The second kappa shape index (κ2) is 3.88. The lowest BCUT2D eigenvalue weighted by Crippen LogP contribution is -2.27. The van der Waals surface area contributed by atoms with Crippen molar-refractivity contribution in [2.75, 3.05) is 13.1 Å². The van der Waals surface area contributed by atoms with E-state index in [0.717, 1.165) is 5.57 Å². The number of nitrogens with two attached hydrogens (primary N) is 1. The molecule has 1 aliphatic heterocycles. The standard InChI is InChI=1S/C11H14N2O2/c12-11(15)4-5-13-6-8-2-1-3-10(14)9(8)7-13/h1-2,6,9H,3-5,7H2,(H2,12,15). The van der Waals surface area contributed by atoms with Crippen molar-refractivity contribution in [3.05, 3.63) is 23.9 Å². The van der Waals surface area contributed by atoms with Crippen LogP contribution in [0.1, 0.15) is 12.8 Å². The summed E-state index contributed by atoms with van der Waals surface area (Å²) in [6.07, 6.45) is 6.72. The van der Waals surface area contributed by atoms with Crippen molar-refractivity contribution in [1.29, 1.82) is 0 Å². The van der Waals surface area contributed by atoms with Gasteiger partial charge in [-0.25, -0.2) is 0 Å². The number of primary amides is 1. The third kappa shape index (κ3) is 2.09. The maximum Gasteiger partial charge on any atom is 0.219 e. The molecule has 2 aliphatic rings. The fourth-order valence-electron chi connectivity index (χ4n) is 2.00. The highest BCUT2D eigenvalue weighted by molar-refractivity contribution is 5.88. The maximum absolute atomic E-state index is 11.5. The molecule has 0 aromatic heterocycles. The summed E-state index contributed by atoms with van der Waals surface area (Å²) in [5, 5.41) is 0. The number of hydrogen-bond donors (Lipinski definition) is 1. The van der Waals surface area contributed by atoms with Crippen molar-refractivity contribution in [1.82, 2.24) is 4.90 Å². The molecular weight excluding hydrogens is 192 g/mol. The van der Waals surface area contributed by atoms with Gasteiger partial charge in [-0.1, -0.05) is 12.2 Å². The van der Waals surface area contributed by atoms with Crippen molar-refractivity contribution in [2.24, 2.45) is 11.7 Å². The third-order valence-electron chi connectivity index (χ3n) is 2.81. The molecule has 0 aromatic rings. The molecule has 15 heavy (non-hydrogen) atoms. The van der Waals surface area contributed by atoms with E-state index in [1.807, 2.05) is 23.3 Å². The van der Waals surface area contributed by atoms with Gasteiger partial charge in [0.2, 0.25) is 5.91 Å². The van der Waals surface area contributed by atoms with Gasteiger partial charge in [-0.3, -0.25) is 9.59 Å². The Kier molecular flexibility index (Phi) is 2.58. The Labute approximate surface area is 88.4 Å². The zero-order valence-corrected chi connectivity index (χ0v) is 8.48. The molecule has 4 heteroatoms. The normalized spacial score (nSPS) is 24.0. The Morgan fingerprint density at radius 3 is 3.07 bits per heavy atom. The molecule has 1 unspecified atom stereocenters. The molecule has 1 atom stereocenters. The van der Waals surface area contributed by atoms with Gasteiger partial charge in [0, 0.05) is 32.1 Å². The monoisotopic (exact) mass is 206 g/mol. The highest BCUT2D eigenvalue weighted by atomic mass is 16.1. The zero-order chi connectivity index (χ0) is 10.8. The van der Waals surface area contributed by atoms with Crippen molar-refractivity contribution >= 4 is 11.7 Å². The lowest BCUT2D eigenvalue weighted by molar-refractivity contribution is -0.121. The fourth-order valence-corrected chi connectivity index (χ4v) is 2.00. The van der Waals surface area contributed by atoms with Crippen LogP contribution in [0.5, 0.6) is 0 Å². The summed E-state index contributed by atoms with van der Waals surface area (Å²) in [7, 11) is 0. The van der Waals surface area contributed by atoms with Crippen LogP contribution in [0, 0.1) is 5.92 Å². The minimum atomic E-state index is -0.301. The number of allylic oxidation sites excluding steroid dienone is 2. The van der Waals surface area contributed by atoms with Gasteiger partial charge in [-0.2, -0.15) is 0 Å². The molecule has 0 spiro atoms. The van der Waals surface area contributed by atoms with Gasteiger partial charge in [0.25, 0.3) is 0 Å². The number of fused-ring (bicyclic) bond motifs is 1. The van der Waals surface area contributed by atoms with Crippen LogP contribution in [0.2, 0.25) is 0 Å². The summed E-state index contributed by atoms with van der Waals surface area (Å²) in [5.41, 5.74) is 6.14. The summed E-state index contributed by atoms with van der Waals surface area (Å²) >= 11 is 0. The number of Topliss-reactive ketones (excluding diaryl/α,β-unsaturated/α-hetero) is 1. The second-order valence-corrected chi connectivity index (χ2v) is 3.97. The van der Waals surface area contributed by atoms with Crippen LogP contribution in [-0.4, -0.2) is 29.7 Å². The Hall–Kier alpha value is -1.58. The Morgan fingerprint density at radius 2 is 2.40 bits per heavy atom. The summed E-state index contributed by atoms with van der Waals surface area (Å²) in [6, 6.07) is 0. The minimum absolute atomic E-state index is 0.0166. The van der Waals surface area contributed by atoms with E-state index in [-0.39, 0.29) is 17.6 Å². The van der Waals surface area contributed by atoms with E-state index < -0.39 is 0 Å². The smallest absolute Gasteiger partial charge is 0.219 e. The first kappa shape index (κ1) is 9.96. The highest BCUT2D eigenvalue weighted by Crippen LogP contribution is 2.28. The Morgan fingerprint density at radius 1 is 1.60 bits per heavy atom. The van der Waals surface area contributed by atoms with Crippen LogP contribution in [0.15, 0.2) is 23.9 Å². The maximum atomic E-state index is 11.5. The molecule has 0 saturated heterocycles. The molecule has 1 aliphatic carbocycles. The number of amides is 1. The summed E-state index contributed by atoms with van der Waals surface area (Å²) in [4.78, 5) is 24.2. The average molecular weight is 206 g/mol. The molecule has 0 saturated carbocycles. The summed E-state index contributed by atoms with van der Waals surface area (Å²) < 4.78 is 0. The van der Waals surface area contributed by atoms with Crippen molar-refractivity contribution in [3.63, 3.8) is 0 Å². The predicted molar refractivity (Wildman–Crippen MR) is 55.7 cm³/mol. The lowest BCUT2D eigenvalue weighted by Gasteiger charge is -2.17. The molecule has 2 N–H and O–H groups in total. The molecule has 1 heterocycles. The number of ketones is 1. The Bertz CT molecular complexity index is 358. The lowest BCUT2D eigenvalue weighted by atomic mass is 9.90.